The maximum Gasteiger partial charge on any atom is 0.307 e. The van der Waals surface area contributed by atoms with E-state index in [0.29, 0.717) is 38.9 Å². The van der Waals surface area contributed by atoms with E-state index in [0.717, 1.165) is 37.2 Å². The van der Waals surface area contributed by atoms with Crippen molar-refractivity contribution in [2.75, 3.05) is 24.6 Å². The first-order valence-corrected chi connectivity index (χ1v) is 13.0. The van der Waals surface area contributed by atoms with Gasteiger partial charge in [-0.3, -0.25) is 9.78 Å². The molecule has 196 valence electrons. The molecule has 4 rings (SSSR count). The van der Waals surface area contributed by atoms with E-state index in [-0.39, 0.29) is 24.3 Å². The van der Waals surface area contributed by atoms with Crippen LogP contribution in [0.4, 0.5) is 10.1 Å². The van der Waals surface area contributed by atoms with Gasteiger partial charge in [-0.1, -0.05) is 43.1 Å². The van der Waals surface area contributed by atoms with Gasteiger partial charge in [0.15, 0.2) is 5.82 Å². The monoisotopic (exact) mass is 545 g/mol. The van der Waals surface area contributed by atoms with Gasteiger partial charge in [0.25, 0.3) is 0 Å². The molecule has 0 atom stereocenters. The number of nitrogens with zero attached hydrogens (tertiary/aromatic N) is 3. The van der Waals surface area contributed by atoms with Gasteiger partial charge in [-0.15, -0.1) is 0 Å². The van der Waals surface area contributed by atoms with Crippen molar-refractivity contribution < 1.29 is 19.0 Å². The SMILES string of the molecule is Cc1ncc(-c2cnc(OCCc3c(Cl)cccc3Cl)c(F)c2)c(N2CCC(C)(C)CC2)c1CC(=O)O. The average molecular weight is 546 g/mol. The summed E-state index contributed by atoms with van der Waals surface area (Å²) in [6, 6.07) is 6.60. The molecule has 0 saturated carbocycles. The Bertz CT molecular complexity index is 1290. The van der Waals surface area contributed by atoms with Crippen LogP contribution in [0.15, 0.2) is 36.7 Å². The van der Waals surface area contributed by atoms with E-state index >= 15 is 4.39 Å². The van der Waals surface area contributed by atoms with Gasteiger partial charge in [0.2, 0.25) is 5.88 Å². The third kappa shape index (κ3) is 6.33. The summed E-state index contributed by atoms with van der Waals surface area (Å²) in [5.41, 5.74) is 4.19. The van der Waals surface area contributed by atoms with E-state index in [1.165, 1.54) is 12.3 Å². The number of carbonyl (C=O) groups is 1. The Labute approximate surface area is 226 Å². The summed E-state index contributed by atoms with van der Waals surface area (Å²) in [5, 5.41) is 10.6. The topological polar surface area (TPSA) is 75.6 Å². The summed E-state index contributed by atoms with van der Waals surface area (Å²) in [7, 11) is 0. The molecule has 0 radical (unpaired) electrons. The number of rotatable bonds is 8. The molecule has 1 N–H and O–H groups in total. The zero-order chi connectivity index (χ0) is 26.7. The highest BCUT2D eigenvalue weighted by atomic mass is 35.5. The second kappa shape index (κ2) is 11.2. The molecule has 1 aliphatic rings. The van der Waals surface area contributed by atoms with E-state index in [2.05, 4.69) is 28.7 Å². The van der Waals surface area contributed by atoms with Crippen molar-refractivity contribution in [3.05, 3.63) is 69.3 Å². The van der Waals surface area contributed by atoms with Gasteiger partial charge in [-0.25, -0.2) is 9.37 Å². The van der Waals surface area contributed by atoms with Crippen LogP contribution in [-0.4, -0.2) is 40.7 Å². The fraction of sp³-hybridized carbons (Fsp3) is 0.393. The smallest absolute Gasteiger partial charge is 0.307 e. The second-order valence-electron chi connectivity index (χ2n) is 10.1. The Morgan fingerprint density at radius 3 is 2.43 bits per heavy atom. The molecule has 0 unspecified atom stereocenters. The molecule has 0 bridgehead atoms. The highest BCUT2D eigenvalue weighted by Gasteiger charge is 2.29. The zero-order valence-electron chi connectivity index (χ0n) is 21.2. The molecule has 1 aromatic carbocycles. The van der Waals surface area contributed by atoms with Crippen LogP contribution in [0.2, 0.25) is 10.0 Å². The third-order valence-electron chi connectivity index (χ3n) is 6.90. The molecule has 0 spiro atoms. The van der Waals surface area contributed by atoms with Gasteiger partial charge in [0, 0.05) is 64.3 Å². The standard InChI is InChI=1S/C28H30Cl2FN3O3/c1-17-20(14-25(35)36)26(34-10-8-28(2,3)9-11-34)21(16-32-17)18-13-24(31)27(33-15-18)37-12-7-19-22(29)5-4-6-23(19)30/h4-6,13,15-16H,7-12,14H2,1-3H3,(H,35,36). The highest BCUT2D eigenvalue weighted by Crippen LogP contribution is 2.40. The number of carboxylic acids is 1. The Balaban J connectivity index is 1.62. The summed E-state index contributed by atoms with van der Waals surface area (Å²) in [5.74, 6) is -1.68. The minimum atomic E-state index is -0.938. The highest BCUT2D eigenvalue weighted by molar-refractivity contribution is 6.36. The first-order valence-electron chi connectivity index (χ1n) is 12.2. The van der Waals surface area contributed by atoms with Crippen LogP contribution in [0, 0.1) is 18.2 Å². The number of piperidine rings is 1. The zero-order valence-corrected chi connectivity index (χ0v) is 22.7. The summed E-state index contributed by atoms with van der Waals surface area (Å²) < 4.78 is 20.7. The lowest BCUT2D eigenvalue weighted by Crippen LogP contribution is -2.38. The van der Waals surface area contributed by atoms with Gasteiger partial charge in [-0.2, -0.15) is 0 Å². The van der Waals surface area contributed by atoms with Crippen molar-refractivity contribution in [1.82, 2.24) is 9.97 Å². The summed E-state index contributed by atoms with van der Waals surface area (Å²) in [6.07, 6.45) is 5.38. The lowest BCUT2D eigenvalue weighted by atomic mass is 9.82. The average Bonchev–Trinajstić information content (AvgIpc) is 2.83. The van der Waals surface area contributed by atoms with Crippen LogP contribution < -0.4 is 9.64 Å². The molecular formula is C28H30Cl2FN3O3. The lowest BCUT2D eigenvalue weighted by Gasteiger charge is -2.40. The van der Waals surface area contributed by atoms with E-state index < -0.39 is 11.8 Å². The molecule has 6 nitrogen and oxygen atoms in total. The lowest BCUT2D eigenvalue weighted by molar-refractivity contribution is -0.136. The molecule has 3 heterocycles. The third-order valence-corrected chi connectivity index (χ3v) is 7.61. The molecular weight excluding hydrogens is 516 g/mol. The minimum Gasteiger partial charge on any atom is -0.481 e. The van der Waals surface area contributed by atoms with E-state index in [1.54, 1.807) is 31.3 Å². The van der Waals surface area contributed by atoms with Crippen LogP contribution in [0.5, 0.6) is 5.88 Å². The molecule has 2 aromatic heterocycles. The fourth-order valence-corrected chi connectivity index (χ4v) is 5.19. The number of aryl methyl sites for hydroxylation is 1. The van der Waals surface area contributed by atoms with Crippen molar-refractivity contribution in [1.29, 1.82) is 0 Å². The van der Waals surface area contributed by atoms with Crippen molar-refractivity contribution >= 4 is 34.9 Å². The second-order valence-corrected chi connectivity index (χ2v) is 10.9. The summed E-state index contributed by atoms with van der Waals surface area (Å²) >= 11 is 12.4. The van der Waals surface area contributed by atoms with E-state index in [4.69, 9.17) is 27.9 Å². The predicted octanol–water partition coefficient (Wildman–Crippen LogP) is 6.77. The minimum absolute atomic E-state index is 0.126. The summed E-state index contributed by atoms with van der Waals surface area (Å²) in [4.78, 5) is 22.6. The largest absolute Gasteiger partial charge is 0.481 e. The first kappa shape index (κ1) is 27.1. The maximum atomic E-state index is 15.1. The van der Waals surface area contributed by atoms with Crippen molar-refractivity contribution in [2.24, 2.45) is 5.41 Å². The Kier molecular flexibility index (Phi) is 8.24. The van der Waals surface area contributed by atoms with Gasteiger partial charge >= 0.3 is 5.97 Å². The number of aliphatic carboxylic acids is 1. The number of aromatic nitrogens is 2. The predicted molar refractivity (Wildman–Crippen MR) is 144 cm³/mol. The molecule has 0 aliphatic carbocycles. The van der Waals surface area contributed by atoms with Crippen molar-refractivity contribution in [3.8, 4) is 17.0 Å². The fourth-order valence-electron chi connectivity index (χ4n) is 4.61. The number of halogens is 3. The normalized spacial score (nSPS) is 15.0. The number of pyridine rings is 2. The number of hydrogen-bond acceptors (Lipinski definition) is 5. The number of benzene rings is 1. The number of ether oxygens (including phenoxy) is 1. The van der Waals surface area contributed by atoms with Gasteiger partial charge < -0.3 is 14.7 Å². The van der Waals surface area contributed by atoms with E-state index in [1.807, 2.05) is 0 Å². The quantitative estimate of drug-likeness (QED) is 0.336. The molecule has 1 saturated heterocycles. The summed E-state index contributed by atoms with van der Waals surface area (Å²) in [6.45, 7) is 7.98. The number of carboxylic acid groups (broad SMARTS) is 1. The molecule has 1 fully saturated rings. The van der Waals surface area contributed by atoms with Crippen molar-refractivity contribution in [2.45, 2.75) is 46.5 Å². The van der Waals surface area contributed by atoms with Gasteiger partial charge in [-0.05, 0) is 48.9 Å². The Hall–Kier alpha value is -2.90. The molecule has 3 aromatic rings. The first-order chi connectivity index (χ1) is 17.6. The maximum absolute atomic E-state index is 15.1. The molecule has 9 heteroatoms. The van der Waals surface area contributed by atoms with Crippen LogP contribution in [-0.2, 0) is 17.6 Å². The van der Waals surface area contributed by atoms with Crippen LogP contribution >= 0.6 is 23.2 Å². The Morgan fingerprint density at radius 1 is 1.14 bits per heavy atom. The van der Waals surface area contributed by atoms with Crippen LogP contribution in [0.3, 0.4) is 0 Å². The van der Waals surface area contributed by atoms with Gasteiger partial charge in [0.05, 0.1) is 18.7 Å². The van der Waals surface area contributed by atoms with Crippen LogP contribution in [0.25, 0.3) is 11.1 Å². The molecule has 1 aliphatic heterocycles. The van der Waals surface area contributed by atoms with Crippen molar-refractivity contribution in [3.63, 3.8) is 0 Å². The number of hydrogen-bond donors (Lipinski definition) is 1. The molecule has 37 heavy (non-hydrogen) atoms. The molecule has 0 amide bonds. The number of anilines is 1. The van der Waals surface area contributed by atoms with Gasteiger partial charge in [0.1, 0.15) is 0 Å². The van der Waals surface area contributed by atoms with E-state index in [9.17, 15) is 9.90 Å². The Morgan fingerprint density at radius 2 is 1.81 bits per heavy atom. The van der Waals surface area contributed by atoms with Crippen LogP contribution in [0.1, 0.15) is 43.5 Å².